The van der Waals surface area contributed by atoms with E-state index in [0.717, 1.165) is 18.5 Å². The zero-order chi connectivity index (χ0) is 21.6. The van der Waals surface area contributed by atoms with Crippen LogP contribution >= 0.6 is 0 Å². The van der Waals surface area contributed by atoms with Gasteiger partial charge in [0.15, 0.2) is 11.5 Å². The molecule has 2 fully saturated rings. The first-order valence-corrected chi connectivity index (χ1v) is 11.0. The number of amides is 2. The number of rotatable bonds is 6. The quantitative estimate of drug-likeness (QED) is 0.714. The molecule has 7 heteroatoms. The highest BCUT2D eigenvalue weighted by Crippen LogP contribution is 2.32. The van der Waals surface area contributed by atoms with Crippen molar-refractivity contribution in [3.05, 3.63) is 53.9 Å². The molecular weight excluding hydrogens is 394 g/mol. The maximum absolute atomic E-state index is 13.0. The zero-order valence-corrected chi connectivity index (χ0v) is 18.0. The Morgan fingerprint density at radius 2 is 1.74 bits per heavy atom. The van der Waals surface area contributed by atoms with Crippen molar-refractivity contribution in [3.8, 4) is 11.5 Å². The molecule has 0 N–H and O–H groups in total. The number of nitrogens with zero attached hydrogens (tertiary/aromatic N) is 3. The minimum absolute atomic E-state index is 0.0425. The average Bonchev–Trinajstić information content (AvgIpc) is 3.33. The van der Waals surface area contributed by atoms with Crippen molar-refractivity contribution >= 4 is 11.8 Å². The first kappa shape index (κ1) is 21.2. The summed E-state index contributed by atoms with van der Waals surface area (Å²) >= 11 is 0. The molecular formula is C24H29N3O4. The number of aromatic nitrogens is 1. The second-order valence-electron chi connectivity index (χ2n) is 8.06. The molecule has 2 aliphatic rings. The summed E-state index contributed by atoms with van der Waals surface area (Å²) in [4.78, 5) is 33.3. The predicted octanol–water partition coefficient (Wildman–Crippen LogP) is 2.94. The summed E-state index contributed by atoms with van der Waals surface area (Å²) in [5, 5.41) is 0. The van der Waals surface area contributed by atoms with Crippen molar-refractivity contribution in [2.24, 2.45) is 0 Å². The standard InChI is InChI=1S/C24H29N3O4/c1-30-22-16-18(9-10-21(22)31-20-7-2-3-8-20)24(29)27-14-12-26(13-15-27)23(28)17-19-6-4-5-11-25-19/h4-6,9-11,16,20H,2-3,7-8,12-15,17H2,1H3. The SMILES string of the molecule is COc1cc(C(=O)N2CCN(C(=O)Cc3ccccn3)CC2)ccc1OC1CCCC1. The molecule has 1 aromatic heterocycles. The van der Waals surface area contributed by atoms with Crippen LogP contribution in [0, 0.1) is 0 Å². The number of ether oxygens (including phenoxy) is 2. The lowest BCUT2D eigenvalue weighted by atomic mass is 10.1. The van der Waals surface area contributed by atoms with E-state index >= 15 is 0 Å². The molecule has 1 aliphatic carbocycles. The van der Waals surface area contributed by atoms with Gasteiger partial charge in [0.1, 0.15) is 0 Å². The molecule has 31 heavy (non-hydrogen) atoms. The molecule has 164 valence electrons. The third kappa shape index (κ3) is 5.16. The molecule has 2 aromatic rings. The maximum Gasteiger partial charge on any atom is 0.254 e. The van der Waals surface area contributed by atoms with Crippen LogP contribution in [0.3, 0.4) is 0 Å². The Balaban J connectivity index is 1.34. The summed E-state index contributed by atoms with van der Waals surface area (Å²) in [5.74, 6) is 1.27. The molecule has 0 unspecified atom stereocenters. The highest BCUT2D eigenvalue weighted by molar-refractivity contribution is 5.95. The molecule has 1 saturated carbocycles. The fourth-order valence-electron chi connectivity index (χ4n) is 4.19. The van der Waals surface area contributed by atoms with Crippen LogP contribution in [0.25, 0.3) is 0 Å². The van der Waals surface area contributed by atoms with E-state index in [0.29, 0.717) is 43.2 Å². The topological polar surface area (TPSA) is 72.0 Å². The minimum Gasteiger partial charge on any atom is -0.493 e. The van der Waals surface area contributed by atoms with E-state index in [1.54, 1.807) is 35.2 Å². The largest absolute Gasteiger partial charge is 0.493 e. The Labute approximate surface area is 183 Å². The number of pyridine rings is 1. The van der Waals surface area contributed by atoms with Gasteiger partial charge in [-0.2, -0.15) is 0 Å². The van der Waals surface area contributed by atoms with Gasteiger partial charge >= 0.3 is 0 Å². The number of hydrogen-bond donors (Lipinski definition) is 0. The molecule has 7 nitrogen and oxygen atoms in total. The summed E-state index contributed by atoms with van der Waals surface area (Å²) in [6.07, 6.45) is 6.72. The van der Waals surface area contributed by atoms with Crippen LogP contribution in [0.2, 0.25) is 0 Å². The van der Waals surface area contributed by atoms with Crippen LogP contribution in [-0.2, 0) is 11.2 Å². The Bertz CT molecular complexity index is 904. The second kappa shape index (κ2) is 9.81. The highest BCUT2D eigenvalue weighted by Gasteiger charge is 2.26. The smallest absolute Gasteiger partial charge is 0.254 e. The molecule has 2 amide bonds. The predicted molar refractivity (Wildman–Crippen MR) is 116 cm³/mol. The van der Waals surface area contributed by atoms with Crippen LogP contribution < -0.4 is 9.47 Å². The third-order valence-electron chi connectivity index (χ3n) is 5.98. The lowest BCUT2D eigenvalue weighted by Gasteiger charge is -2.35. The van der Waals surface area contributed by atoms with Gasteiger partial charge in [-0.3, -0.25) is 14.6 Å². The number of methoxy groups -OCH3 is 1. The zero-order valence-electron chi connectivity index (χ0n) is 18.0. The van der Waals surface area contributed by atoms with E-state index < -0.39 is 0 Å². The van der Waals surface area contributed by atoms with Crippen molar-refractivity contribution in [2.75, 3.05) is 33.3 Å². The van der Waals surface area contributed by atoms with Crippen LogP contribution in [-0.4, -0.2) is 66.0 Å². The molecule has 0 spiro atoms. The first-order chi connectivity index (χ1) is 15.1. The van der Waals surface area contributed by atoms with Gasteiger partial charge in [-0.25, -0.2) is 0 Å². The first-order valence-electron chi connectivity index (χ1n) is 11.0. The average molecular weight is 424 g/mol. The fourth-order valence-corrected chi connectivity index (χ4v) is 4.19. The molecule has 0 bridgehead atoms. The Kier molecular flexibility index (Phi) is 6.70. The number of hydrogen-bond acceptors (Lipinski definition) is 5. The van der Waals surface area contributed by atoms with Crippen molar-refractivity contribution < 1.29 is 19.1 Å². The van der Waals surface area contributed by atoms with Gasteiger partial charge in [0, 0.05) is 43.6 Å². The number of piperazine rings is 1. The van der Waals surface area contributed by atoms with E-state index in [1.165, 1.54) is 12.8 Å². The summed E-state index contributed by atoms with van der Waals surface area (Å²) in [6.45, 7) is 2.07. The lowest BCUT2D eigenvalue weighted by Crippen LogP contribution is -2.51. The molecule has 1 aliphatic heterocycles. The van der Waals surface area contributed by atoms with Gasteiger partial charge in [0.2, 0.25) is 5.91 Å². The van der Waals surface area contributed by atoms with Gasteiger partial charge in [0.25, 0.3) is 5.91 Å². The summed E-state index contributed by atoms with van der Waals surface area (Å²) in [6, 6.07) is 11.0. The van der Waals surface area contributed by atoms with Crippen molar-refractivity contribution in [2.45, 2.75) is 38.2 Å². The molecule has 1 aromatic carbocycles. The fraction of sp³-hybridized carbons (Fsp3) is 0.458. The van der Waals surface area contributed by atoms with Crippen molar-refractivity contribution in [1.29, 1.82) is 0 Å². The van der Waals surface area contributed by atoms with Crippen molar-refractivity contribution in [3.63, 3.8) is 0 Å². The second-order valence-corrected chi connectivity index (χ2v) is 8.06. The molecule has 4 rings (SSSR count). The van der Waals surface area contributed by atoms with Gasteiger partial charge in [-0.05, 0) is 56.0 Å². The van der Waals surface area contributed by atoms with Crippen LogP contribution in [0.5, 0.6) is 11.5 Å². The highest BCUT2D eigenvalue weighted by atomic mass is 16.5. The normalized spacial score (nSPS) is 16.9. The minimum atomic E-state index is -0.0532. The molecule has 2 heterocycles. The number of carbonyl (C=O) groups excluding carboxylic acids is 2. The number of carbonyl (C=O) groups is 2. The van der Waals surface area contributed by atoms with Crippen LogP contribution in [0.15, 0.2) is 42.6 Å². The van der Waals surface area contributed by atoms with Gasteiger partial charge in [-0.1, -0.05) is 6.07 Å². The van der Waals surface area contributed by atoms with Crippen molar-refractivity contribution in [1.82, 2.24) is 14.8 Å². The van der Waals surface area contributed by atoms with E-state index in [9.17, 15) is 9.59 Å². The Morgan fingerprint density at radius 1 is 1.00 bits per heavy atom. The van der Waals surface area contributed by atoms with Gasteiger partial charge in [0.05, 0.1) is 19.6 Å². The maximum atomic E-state index is 13.0. The summed E-state index contributed by atoms with van der Waals surface area (Å²) in [7, 11) is 1.59. The molecule has 1 saturated heterocycles. The van der Waals surface area contributed by atoms with Gasteiger partial charge in [-0.15, -0.1) is 0 Å². The summed E-state index contributed by atoms with van der Waals surface area (Å²) in [5.41, 5.74) is 1.34. The van der Waals surface area contributed by atoms with Crippen LogP contribution in [0.1, 0.15) is 41.7 Å². The van der Waals surface area contributed by atoms with E-state index in [4.69, 9.17) is 9.47 Å². The number of benzene rings is 1. The van der Waals surface area contributed by atoms with E-state index in [1.807, 2.05) is 24.3 Å². The summed E-state index contributed by atoms with van der Waals surface area (Å²) < 4.78 is 11.6. The molecule has 0 atom stereocenters. The third-order valence-corrected chi connectivity index (χ3v) is 5.98. The monoisotopic (exact) mass is 423 g/mol. The van der Waals surface area contributed by atoms with E-state index in [2.05, 4.69) is 4.98 Å². The lowest BCUT2D eigenvalue weighted by molar-refractivity contribution is -0.132. The Morgan fingerprint density at radius 3 is 2.42 bits per heavy atom. The molecule has 0 radical (unpaired) electrons. The van der Waals surface area contributed by atoms with Crippen LogP contribution in [0.4, 0.5) is 0 Å². The Hall–Kier alpha value is -3.09. The van der Waals surface area contributed by atoms with E-state index in [-0.39, 0.29) is 24.3 Å². The van der Waals surface area contributed by atoms with Gasteiger partial charge < -0.3 is 19.3 Å².